The maximum atomic E-state index is 11.1. The predicted octanol–water partition coefficient (Wildman–Crippen LogP) is 1.25. The number of esters is 1. The Labute approximate surface area is 279 Å². The number of nitrogens with zero attached hydrogens (tertiary/aromatic N) is 2. The van der Waals surface area contributed by atoms with Gasteiger partial charge in [-0.15, -0.1) is 0 Å². The van der Waals surface area contributed by atoms with E-state index >= 15 is 0 Å². The van der Waals surface area contributed by atoms with E-state index in [4.69, 9.17) is 47.4 Å². The largest absolute Gasteiger partial charge is 0.467 e. The number of nitrogens with one attached hydrogen (secondary N) is 1. The number of carbonyl (C=O) groups excluding carboxylic acids is 1. The van der Waals surface area contributed by atoms with Gasteiger partial charge in [0.15, 0.2) is 0 Å². The average molecular weight is 696 g/mol. The van der Waals surface area contributed by atoms with Crippen LogP contribution in [0.3, 0.4) is 0 Å². The van der Waals surface area contributed by atoms with Gasteiger partial charge in [0.25, 0.3) is 11.4 Å². The summed E-state index contributed by atoms with van der Waals surface area (Å²) in [5.41, 5.74) is -0.538. The van der Waals surface area contributed by atoms with Crippen molar-refractivity contribution in [1.29, 1.82) is 0 Å². The first kappa shape index (κ1) is 42.9. The van der Waals surface area contributed by atoms with Crippen molar-refractivity contribution < 1.29 is 66.7 Å². The molecule has 0 aliphatic rings. The van der Waals surface area contributed by atoms with Crippen molar-refractivity contribution in [2.75, 3.05) is 151 Å². The lowest BCUT2D eigenvalue weighted by Crippen LogP contribution is -2.16. The molecule has 1 rings (SSSR count). The molecule has 0 heterocycles. The number of non-ortho nitro benzene ring substituents is 1. The molecular weight excluding hydrogens is 646 g/mol. The van der Waals surface area contributed by atoms with E-state index in [9.17, 15) is 25.0 Å². The molecule has 1 aromatic carbocycles. The maximum Gasteiger partial charge on any atom is 0.331 e. The summed E-state index contributed by atoms with van der Waals surface area (Å²) in [6, 6.07) is 3.41. The number of nitro groups is 2. The van der Waals surface area contributed by atoms with E-state index in [-0.39, 0.29) is 36.8 Å². The number of hydrogen-bond acceptors (Lipinski definition) is 17. The monoisotopic (exact) mass is 695 g/mol. The van der Waals surface area contributed by atoms with Crippen molar-refractivity contribution in [1.82, 2.24) is 0 Å². The van der Waals surface area contributed by atoms with Gasteiger partial charge in [-0.3, -0.25) is 20.2 Å². The molecule has 0 spiro atoms. The van der Waals surface area contributed by atoms with Crippen LogP contribution >= 0.6 is 0 Å². The highest BCUT2D eigenvalue weighted by Gasteiger charge is 2.19. The van der Waals surface area contributed by atoms with E-state index in [0.717, 1.165) is 6.07 Å². The van der Waals surface area contributed by atoms with Gasteiger partial charge in [-0.05, 0) is 6.07 Å². The van der Waals surface area contributed by atoms with Crippen molar-refractivity contribution >= 4 is 23.0 Å². The van der Waals surface area contributed by atoms with Crippen molar-refractivity contribution in [3.8, 4) is 0 Å². The number of methoxy groups -OCH3 is 1. The molecule has 0 aliphatic carbocycles. The number of ether oxygens (including phenoxy) is 11. The molecule has 0 aromatic heterocycles. The minimum atomic E-state index is -0.685. The predicted molar refractivity (Wildman–Crippen MR) is 168 cm³/mol. The fourth-order valence-corrected chi connectivity index (χ4v) is 3.39. The number of nitro benzene ring substituents is 2. The number of rotatable bonds is 35. The normalized spacial score (nSPS) is 11.1. The van der Waals surface area contributed by atoms with Crippen LogP contribution in [0, 0.1) is 20.2 Å². The van der Waals surface area contributed by atoms with E-state index in [0.29, 0.717) is 119 Å². The van der Waals surface area contributed by atoms with E-state index in [1.807, 2.05) is 0 Å². The van der Waals surface area contributed by atoms with Gasteiger partial charge in [-0.25, -0.2) is 4.79 Å². The van der Waals surface area contributed by atoms with Crippen LogP contribution in [0.5, 0.6) is 0 Å². The van der Waals surface area contributed by atoms with Crippen LogP contribution in [0.4, 0.5) is 17.1 Å². The molecule has 19 nitrogen and oxygen atoms in total. The smallest absolute Gasteiger partial charge is 0.331 e. The number of hydrogen-bond donors (Lipinski definition) is 1. The molecule has 0 bridgehead atoms. The molecule has 0 fully saturated rings. The molecule has 276 valence electrons. The third kappa shape index (κ3) is 25.0. The van der Waals surface area contributed by atoms with Crippen molar-refractivity contribution in [2.24, 2.45) is 0 Å². The zero-order valence-electron chi connectivity index (χ0n) is 27.5. The fourth-order valence-electron chi connectivity index (χ4n) is 3.39. The molecule has 1 aromatic rings. The highest BCUT2D eigenvalue weighted by molar-refractivity contribution is 5.70. The second-order valence-corrected chi connectivity index (χ2v) is 9.28. The molecule has 1 N–H and O–H groups in total. The van der Waals surface area contributed by atoms with Crippen LogP contribution in [-0.4, -0.2) is 162 Å². The average Bonchev–Trinajstić information content (AvgIpc) is 3.08. The summed E-state index contributed by atoms with van der Waals surface area (Å²) in [4.78, 5) is 31.4. The number of benzene rings is 1. The summed E-state index contributed by atoms with van der Waals surface area (Å²) < 4.78 is 58.2. The van der Waals surface area contributed by atoms with Crippen LogP contribution < -0.4 is 5.32 Å². The lowest BCUT2D eigenvalue weighted by molar-refractivity contribution is -0.393. The minimum Gasteiger partial charge on any atom is -0.467 e. The quantitative estimate of drug-likeness (QED) is 0.0457. The van der Waals surface area contributed by atoms with E-state index in [2.05, 4.69) is 10.1 Å². The number of carbonyl (C=O) groups is 1. The van der Waals surface area contributed by atoms with E-state index in [1.54, 1.807) is 0 Å². The second-order valence-electron chi connectivity index (χ2n) is 9.28. The van der Waals surface area contributed by atoms with Gasteiger partial charge in [0.05, 0.1) is 149 Å². The standard InChI is InChI=1S/C29H49N3O16/c1-38-29(33)25-48-23-22-47-21-20-46-19-18-45-17-16-44-15-14-43-13-12-42-11-10-41-9-8-40-7-6-39-5-4-30-27-3-2-26(31(34)35)24-28(27)32(36)37/h2-3,24,30H,4-23,25H2,1H3. The minimum absolute atomic E-state index is 0.0848. The molecule has 0 amide bonds. The summed E-state index contributed by atoms with van der Waals surface area (Å²) >= 11 is 0. The van der Waals surface area contributed by atoms with Crippen molar-refractivity contribution in [2.45, 2.75) is 0 Å². The van der Waals surface area contributed by atoms with Crippen LogP contribution in [0.2, 0.25) is 0 Å². The number of anilines is 1. The highest BCUT2D eigenvalue weighted by Crippen LogP contribution is 2.28. The Morgan fingerprint density at radius 3 is 1.25 bits per heavy atom. The Morgan fingerprint density at radius 1 is 0.562 bits per heavy atom. The Balaban J connectivity index is 1.74. The van der Waals surface area contributed by atoms with E-state index < -0.39 is 15.8 Å². The molecule has 0 unspecified atom stereocenters. The maximum absolute atomic E-state index is 11.1. The summed E-state index contributed by atoms with van der Waals surface area (Å²) in [7, 11) is 1.30. The fraction of sp³-hybridized carbons (Fsp3) is 0.759. The lowest BCUT2D eigenvalue weighted by atomic mass is 10.2. The van der Waals surface area contributed by atoms with Gasteiger partial charge in [-0.1, -0.05) is 0 Å². The third-order valence-corrected chi connectivity index (χ3v) is 5.75. The molecule has 0 atom stereocenters. The Bertz CT molecular complexity index is 974. The van der Waals surface area contributed by atoms with Gasteiger partial charge < -0.3 is 57.4 Å². The molecular formula is C29H49N3O16. The Hall–Kier alpha value is -3.11. The lowest BCUT2D eigenvalue weighted by Gasteiger charge is -2.09. The second kappa shape index (κ2) is 31.2. The summed E-state index contributed by atoms with van der Waals surface area (Å²) in [6.07, 6.45) is 0. The molecule has 0 saturated heterocycles. The molecule has 0 radical (unpaired) electrons. The highest BCUT2D eigenvalue weighted by atomic mass is 16.6. The third-order valence-electron chi connectivity index (χ3n) is 5.75. The van der Waals surface area contributed by atoms with Gasteiger partial charge in [0.1, 0.15) is 12.3 Å². The SMILES string of the molecule is COC(=O)COCCOCCOCCOCCOCCOCCOCCOCCOCCOCCNc1ccc([N+](=O)[O-])cc1[N+](=O)[O-]. The Morgan fingerprint density at radius 2 is 0.917 bits per heavy atom. The molecule has 0 aliphatic heterocycles. The summed E-state index contributed by atoms with van der Waals surface area (Å²) in [6.45, 7) is 8.02. The van der Waals surface area contributed by atoms with Gasteiger partial charge in [0.2, 0.25) is 0 Å². The molecule has 19 heteroatoms. The van der Waals surface area contributed by atoms with E-state index in [1.165, 1.54) is 19.2 Å². The van der Waals surface area contributed by atoms with Gasteiger partial charge in [0, 0.05) is 12.6 Å². The first-order valence-corrected chi connectivity index (χ1v) is 15.5. The summed E-state index contributed by atoms with van der Waals surface area (Å²) in [5.74, 6) is -0.421. The first-order chi connectivity index (χ1) is 23.5. The summed E-state index contributed by atoms with van der Waals surface area (Å²) in [5, 5.41) is 24.8. The van der Waals surface area contributed by atoms with Crippen LogP contribution in [-0.2, 0) is 56.9 Å². The zero-order valence-corrected chi connectivity index (χ0v) is 27.5. The van der Waals surface area contributed by atoms with Crippen molar-refractivity contribution in [3.05, 3.63) is 38.4 Å². The van der Waals surface area contributed by atoms with Gasteiger partial charge in [-0.2, -0.15) is 0 Å². The molecule has 48 heavy (non-hydrogen) atoms. The first-order valence-electron chi connectivity index (χ1n) is 15.5. The van der Waals surface area contributed by atoms with Gasteiger partial charge >= 0.3 is 5.97 Å². The topological polar surface area (TPSA) is 217 Å². The van der Waals surface area contributed by atoms with Crippen LogP contribution in [0.15, 0.2) is 18.2 Å². The Kier molecular flexibility index (Phi) is 27.9. The molecule has 0 saturated carbocycles. The van der Waals surface area contributed by atoms with Crippen LogP contribution in [0.1, 0.15) is 0 Å². The van der Waals surface area contributed by atoms with Crippen LogP contribution in [0.25, 0.3) is 0 Å². The zero-order chi connectivity index (χ0) is 34.9. The van der Waals surface area contributed by atoms with Crippen molar-refractivity contribution in [3.63, 3.8) is 0 Å².